The van der Waals surface area contributed by atoms with Crippen molar-refractivity contribution in [1.29, 1.82) is 0 Å². The molecule has 0 atom stereocenters. The maximum atomic E-state index is 6.03. The maximum absolute atomic E-state index is 6.03. The highest BCUT2D eigenvalue weighted by Crippen LogP contribution is 2.31. The molecule has 4 rings (SSSR count). The Morgan fingerprint density at radius 1 is 0.759 bits per heavy atom. The number of benzene rings is 3. The first-order chi connectivity index (χ1) is 14.3. The molecule has 0 saturated carbocycles. The van der Waals surface area contributed by atoms with Crippen LogP contribution in [0.2, 0.25) is 0 Å². The average Bonchev–Trinajstić information content (AvgIpc) is 2.75. The predicted octanol–water partition coefficient (Wildman–Crippen LogP) is 5.93. The summed E-state index contributed by atoms with van der Waals surface area (Å²) in [5.74, 6) is 3.68. The van der Waals surface area contributed by atoms with Crippen LogP contribution >= 0.6 is 0 Å². The van der Waals surface area contributed by atoms with Gasteiger partial charge in [0.1, 0.15) is 23.2 Å². The van der Waals surface area contributed by atoms with E-state index in [2.05, 4.69) is 32.7 Å². The fourth-order valence-electron chi connectivity index (χ4n) is 2.92. The molecule has 0 fully saturated rings. The third-order valence-corrected chi connectivity index (χ3v) is 4.28. The van der Waals surface area contributed by atoms with Crippen LogP contribution in [0.5, 0.6) is 11.5 Å². The fourth-order valence-corrected chi connectivity index (χ4v) is 2.92. The van der Waals surface area contributed by atoms with Crippen LogP contribution < -0.4 is 15.4 Å². The normalized spacial score (nSPS) is 10.4. The first kappa shape index (κ1) is 18.5. The Morgan fingerprint density at radius 3 is 2.21 bits per heavy atom. The minimum Gasteiger partial charge on any atom is -0.455 e. The highest BCUT2D eigenvalue weighted by atomic mass is 16.5. The summed E-state index contributed by atoms with van der Waals surface area (Å²) in [5.41, 5.74) is 2.03. The Balaban J connectivity index is 1.51. The molecule has 1 heterocycles. The summed E-state index contributed by atoms with van der Waals surface area (Å²) in [6.45, 7) is 2.58. The van der Waals surface area contributed by atoms with Crippen LogP contribution in [0.25, 0.3) is 0 Å². The summed E-state index contributed by atoms with van der Waals surface area (Å²) < 4.78 is 6.03. The Bertz CT molecular complexity index is 1070. The quantitative estimate of drug-likeness (QED) is 0.415. The Morgan fingerprint density at radius 2 is 1.41 bits per heavy atom. The van der Waals surface area contributed by atoms with Gasteiger partial charge in [0.2, 0.25) is 0 Å². The molecule has 0 aliphatic heterocycles. The molecule has 2 N–H and O–H groups in total. The van der Waals surface area contributed by atoms with Crippen molar-refractivity contribution < 1.29 is 4.74 Å². The van der Waals surface area contributed by atoms with Gasteiger partial charge < -0.3 is 15.4 Å². The van der Waals surface area contributed by atoms with Gasteiger partial charge in [-0.25, -0.2) is 9.97 Å². The fraction of sp³-hybridized carbons (Fsp3) is 0.0833. The molecule has 5 heteroatoms. The first-order valence-corrected chi connectivity index (χ1v) is 9.49. The summed E-state index contributed by atoms with van der Waals surface area (Å²) in [5, 5.41) is 6.72. The van der Waals surface area contributed by atoms with Gasteiger partial charge in [0.05, 0.1) is 5.69 Å². The van der Waals surface area contributed by atoms with E-state index in [-0.39, 0.29) is 0 Å². The van der Waals surface area contributed by atoms with E-state index in [9.17, 15) is 0 Å². The highest BCUT2D eigenvalue weighted by molar-refractivity contribution is 5.66. The van der Waals surface area contributed by atoms with Crippen molar-refractivity contribution in [3.05, 3.63) is 102 Å². The third-order valence-electron chi connectivity index (χ3n) is 4.28. The van der Waals surface area contributed by atoms with Crippen LogP contribution in [-0.4, -0.2) is 9.97 Å². The van der Waals surface area contributed by atoms with Crippen LogP contribution in [0.1, 0.15) is 11.4 Å². The number of hydrogen-bond acceptors (Lipinski definition) is 5. The van der Waals surface area contributed by atoms with Gasteiger partial charge in [0, 0.05) is 12.6 Å². The Kier molecular flexibility index (Phi) is 5.67. The lowest BCUT2D eigenvalue weighted by Crippen LogP contribution is -2.05. The van der Waals surface area contributed by atoms with E-state index in [4.69, 9.17) is 4.74 Å². The monoisotopic (exact) mass is 382 g/mol. The predicted molar refractivity (Wildman–Crippen MR) is 117 cm³/mol. The molecule has 4 aromatic rings. The van der Waals surface area contributed by atoms with E-state index in [1.54, 1.807) is 0 Å². The van der Waals surface area contributed by atoms with Gasteiger partial charge in [-0.3, -0.25) is 0 Å². The van der Waals surface area contributed by atoms with E-state index >= 15 is 0 Å². The lowest BCUT2D eigenvalue weighted by atomic mass is 10.2. The van der Waals surface area contributed by atoms with Crippen molar-refractivity contribution in [1.82, 2.24) is 9.97 Å². The molecule has 0 saturated heterocycles. The van der Waals surface area contributed by atoms with Gasteiger partial charge in [-0.15, -0.1) is 0 Å². The van der Waals surface area contributed by atoms with Crippen molar-refractivity contribution >= 4 is 17.3 Å². The van der Waals surface area contributed by atoms with Gasteiger partial charge in [0.25, 0.3) is 0 Å². The molecule has 0 bridgehead atoms. The van der Waals surface area contributed by atoms with Crippen molar-refractivity contribution in [2.75, 3.05) is 10.6 Å². The molecule has 1 aromatic heterocycles. The Hall–Kier alpha value is -3.86. The minimum atomic E-state index is 0.687. The van der Waals surface area contributed by atoms with Gasteiger partial charge in [-0.1, -0.05) is 60.7 Å². The summed E-state index contributed by atoms with van der Waals surface area (Å²) in [7, 11) is 0. The van der Waals surface area contributed by atoms with E-state index < -0.39 is 0 Å². The summed E-state index contributed by atoms with van der Waals surface area (Å²) in [4.78, 5) is 9.00. The second-order valence-electron chi connectivity index (χ2n) is 6.56. The van der Waals surface area contributed by atoms with Crippen LogP contribution in [0.15, 0.2) is 91.0 Å². The molecule has 0 amide bonds. The SMILES string of the molecule is Cc1nc(NCc2ccccc2)cc(Nc2ccccc2Oc2ccccc2)n1. The standard InChI is InChI=1S/C24H22N4O/c1-18-26-23(25-17-19-10-4-2-5-11-19)16-24(27-18)28-21-14-8-9-15-22(21)29-20-12-6-3-7-13-20/h2-16H,17H2,1H3,(H2,25,26,27,28). The molecule has 5 nitrogen and oxygen atoms in total. The molecule has 0 aliphatic rings. The number of anilines is 3. The number of hydrogen-bond donors (Lipinski definition) is 2. The maximum Gasteiger partial charge on any atom is 0.150 e. The van der Waals surface area contributed by atoms with E-state index in [0.29, 0.717) is 18.2 Å². The molecule has 144 valence electrons. The Labute approximate surface area is 170 Å². The number of para-hydroxylation sites is 3. The number of aromatic nitrogens is 2. The van der Waals surface area contributed by atoms with Crippen molar-refractivity contribution in [3.63, 3.8) is 0 Å². The number of nitrogens with zero attached hydrogens (tertiary/aromatic N) is 2. The minimum absolute atomic E-state index is 0.687. The van der Waals surface area contributed by atoms with E-state index in [1.807, 2.05) is 85.8 Å². The molecule has 0 spiro atoms. The van der Waals surface area contributed by atoms with Crippen molar-refractivity contribution in [3.8, 4) is 11.5 Å². The summed E-state index contributed by atoms with van der Waals surface area (Å²) >= 11 is 0. The molecule has 29 heavy (non-hydrogen) atoms. The number of rotatable bonds is 7. The molecule has 0 radical (unpaired) electrons. The largest absolute Gasteiger partial charge is 0.455 e. The molecular weight excluding hydrogens is 360 g/mol. The van der Waals surface area contributed by atoms with Gasteiger partial charge in [0.15, 0.2) is 5.75 Å². The zero-order chi connectivity index (χ0) is 19.9. The van der Waals surface area contributed by atoms with Crippen LogP contribution in [0.3, 0.4) is 0 Å². The topological polar surface area (TPSA) is 59.1 Å². The zero-order valence-electron chi connectivity index (χ0n) is 16.2. The smallest absolute Gasteiger partial charge is 0.150 e. The number of ether oxygens (including phenoxy) is 1. The molecular formula is C24H22N4O. The highest BCUT2D eigenvalue weighted by Gasteiger charge is 2.08. The second-order valence-corrected chi connectivity index (χ2v) is 6.56. The van der Waals surface area contributed by atoms with E-state index in [0.717, 1.165) is 23.0 Å². The van der Waals surface area contributed by atoms with Gasteiger partial charge >= 0.3 is 0 Å². The summed E-state index contributed by atoms with van der Waals surface area (Å²) in [6, 6.07) is 29.6. The molecule has 3 aromatic carbocycles. The van der Waals surface area contributed by atoms with Gasteiger partial charge in [-0.05, 0) is 36.8 Å². The molecule has 0 unspecified atom stereocenters. The molecule has 0 aliphatic carbocycles. The van der Waals surface area contributed by atoms with Crippen LogP contribution in [0, 0.1) is 6.92 Å². The first-order valence-electron chi connectivity index (χ1n) is 9.49. The van der Waals surface area contributed by atoms with E-state index in [1.165, 1.54) is 5.56 Å². The number of aryl methyl sites for hydroxylation is 1. The second kappa shape index (κ2) is 8.89. The lowest BCUT2D eigenvalue weighted by Gasteiger charge is -2.14. The summed E-state index contributed by atoms with van der Waals surface area (Å²) in [6.07, 6.45) is 0. The van der Waals surface area contributed by atoms with Crippen molar-refractivity contribution in [2.45, 2.75) is 13.5 Å². The van der Waals surface area contributed by atoms with Crippen LogP contribution in [0.4, 0.5) is 17.3 Å². The third kappa shape index (κ3) is 5.11. The average molecular weight is 382 g/mol. The van der Waals surface area contributed by atoms with Crippen molar-refractivity contribution in [2.24, 2.45) is 0 Å². The lowest BCUT2D eigenvalue weighted by molar-refractivity contribution is 0.485. The van der Waals surface area contributed by atoms with Gasteiger partial charge in [-0.2, -0.15) is 0 Å². The van der Waals surface area contributed by atoms with Crippen LogP contribution in [-0.2, 0) is 6.54 Å². The number of nitrogens with one attached hydrogen (secondary N) is 2. The zero-order valence-corrected chi connectivity index (χ0v) is 16.2.